The van der Waals surface area contributed by atoms with Gasteiger partial charge in [0.25, 0.3) is 5.91 Å². The molecular formula is C25H34N3O3+. The van der Waals surface area contributed by atoms with Crippen LogP contribution in [0.2, 0.25) is 0 Å². The van der Waals surface area contributed by atoms with Crippen LogP contribution in [-0.2, 0) is 22.7 Å². The van der Waals surface area contributed by atoms with Crippen molar-refractivity contribution in [1.29, 1.82) is 0 Å². The van der Waals surface area contributed by atoms with E-state index in [0.29, 0.717) is 11.0 Å². The van der Waals surface area contributed by atoms with Gasteiger partial charge in [-0.15, -0.1) is 0 Å². The van der Waals surface area contributed by atoms with Crippen molar-refractivity contribution in [2.75, 3.05) is 13.1 Å². The lowest BCUT2D eigenvalue weighted by molar-refractivity contribution is -0.963. The molecule has 2 N–H and O–H groups in total. The second kappa shape index (κ2) is 11.0. The standard InChI is InChI=1S/C25H33N3O3/c1-20(2)17-23(26-25(30)31-19-22-13-7-4-8-14-22)24(29)27-28(15-9-10-16-28)18-21-11-5-3-6-12-21/h3-8,11-14,20,23H,9-10,15-19H2,1-2H3,(H-,26,27,29,30)/p+1/t23-/m0/s1. The fourth-order valence-corrected chi connectivity index (χ4v) is 4.10. The Bertz CT molecular complexity index is 834. The van der Waals surface area contributed by atoms with Gasteiger partial charge in [0.05, 0.1) is 0 Å². The van der Waals surface area contributed by atoms with Crippen LogP contribution in [0, 0.1) is 5.92 Å². The summed E-state index contributed by atoms with van der Waals surface area (Å²) in [5, 5.41) is 2.79. The molecule has 31 heavy (non-hydrogen) atoms. The van der Waals surface area contributed by atoms with Crippen LogP contribution >= 0.6 is 0 Å². The van der Waals surface area contributed by atoms with Crippen LogP contribution < -0.4 is 10.7 Å². The predicted molar refractivity (Wildman–Crippen MR) is 121 cm³/mol. The molecule has 0 aliphatic carbocycles. The van der Waals surface area contributed by atoms with Gasteiger partial charge in [-0.3, -0.25) is 4.79 Å². The van der Waals surface area contributed by atoms with Crippen molar-refractivity contribution in [1.82, 2.24) is 10.7 Å². The summed E-state index contributed by atoms with van der Waals surface area (Å²) in [6.45, 7) is 6.81. The topological polar surface area (TPSA) is 67.4 Å². The van der Waals surface area contributed by atoms with Crippen molar-refractivity contribution in [2.45, 2.75) is 52.3 Å². The van der Waals surface area contributed by atoms with Gasteiger partial charge < -0.3 is 10.1 Å². The van der Waals surface area contributed by atoms with E-state index in [1.165, 1.54) is 5.56 Å². The van der Waals surface area contributed by atoms with Crippen molar-refractivity contribution in [3.05, 3.63) is 71.8 Å². The van der Waals surface area contributed by atoms with Crippen molar-refractivity contribution >= 4 is 12.0 Å². The zero-order valence-electron chi connectivity index (χ0n) is 18.5. The molecule has 166 valence electrons. The number of amides is 2. The molecule has 6 nitrogen and oxygen atoms in total. The summed E-state index contributed by atoms with van der Waals surface area (Å²) in [5.41, 5.74) is 5.36. The van der Waals surface area contributed by atoms with Gasteiger partial charge in [-0.05, 0) is 17.9 Å². The molecule has 2 aromatic rings. The van der Waals surface area contributed by atoms with Crippen LogP contribution in [0.1, 0.15) is 44.2 Å². The Labute approximate surface area is 185 Å². The first kappa shape index (κ1) is 22.8. The Morgan fingerprint density at radius 3 is 2.10 bits per heavy atom. The Morgan fingerprint density at radius 1 is 0.935 bits per heavy atom. The molecule has 1 atom stereocenters. The molecule has 1 saturated heterocycles. The predicted octanol–water partition coefficient (Wildman–Crippen LogP) is 4.17. The van der Waals surface area contributed by atoms with Gasteiger partial charge in [0, 0.05) is 18.4 Å². The molecule has 2 aromatic carbocycles. The molecular weight excluding hydrogens is 390 g/mol. The van der Waals surface area contributed by atoms with Gasteiger partial charge in [0.2, 0.25) is 0 Å². The van der Waals surface area contributed by atoms with Gasteiger partial charge in [0.15, 0.2) is 0 Å². The fourth-order valence-electron chi connectivity index (χ4n) is 4.10. The highest BCUT2D eigenvalue weighted by Crippen LogP contribution is 2.21. The molecule has 0 spiro atoms. The van der Waals surface area contributed by atoms with Crippen LogP contribution in [0.25, 0.3) is 0 Å². The second-order valence-corrected chi connectivity index (χ2v) is 8.81. The zero-order valence-corrected chi connectivity index (χ0v) is 18.5. The van der Waals surface area contributed by atoms with Gasteiger partial charge in [-0.25, -0.2) is 9.39 Å². The highest BCUT2D eigenvalue weighted by Gasteiger charge is 2.37. The van der Waals surface area contributed by atoms with E-state index >= 15 is 0 Å². The van der Waals surface area contributed by atoms with E-state index in [1.807, 2.05) is 62.4 Å². The monoisotopic (exact) mass is 424 g/mol. The third kappa shape index (κ3) is 7.10. The number of nitrogens with one attached hydrogen (secondary N) is 2. The summed E-state index contributed by atoms with van der Waals surface area (Å²) < 4.78 is 5.87. The van der Waals surface area contributed by atoms with Gasteiger partial charge in [-0.2, -0.15) is 5.43 Å². The quantitative estimate of drug-likeness (QED) is 0.594. The number of benzene rings is 2. The van der Waals surface area contributed by atoms with Crippen molar-refractivity contribution < 1.29 is 18.9 Å². The highest BCUT2D eigenvalue weighted by atomic mass is 16.5. The normalized spacial score (nSPS) is 16.0. The Hall–Kier alpha value is -2.86. The summed E-state index contributed by atoms with van der Waals surface area (Å²) in [7, 11) is 0. The maximum Gasteiger partial charge on any atom is 0.408 e. The molecule has 1 fully saturated rings. The van der Waals surface area contributed by atoms with Crippen LogP contribution in [0.4, 0.5) is 4.79 Å². The molecule has 1 aliphatic heterocycles. The first-order valence-corrected chi connectivity index (χ1v) is 11.2. The number of rotatable bonds is 9. The number of hydrogen-bond acceptors (Lipinski definition) is 3. The molecule has 3 rings (SSSR count). The summed E-state index contributed by atoms with van der Waals surface area (Å²) in [4.78, 5) is 25.6. The van der Waals surface area contributed by atoms with Crippen molar-refractivity contribution in [3.63, 3.8) is 0 Å². The fraction of sp³-hybridized carbons (Fsp3) is 0.440. The first-order valence-electron chi connectivity index (χ1n) is 11.2. The van der Waals surface area contributed by atoms with E-state index in [9.17, 15) is 9.59 Å². The van der Waals surface area contributed by atoms with E-state index in [1.54, 1.807) is 0 Å². The highest BCUT2D eigenvalue weighted by molar-refractivity contribution is 5.84. The molecule has 0 aromatic heterocycles. The molecule has 0 unspecified atom stereocenters. The van der Waals surface area contributed by atoms with Crippen LogP contribution in [-0.4, -0.2) is 35.7 Å². The number of nitrogens with zero attached hydrogens (tertiary/aromatic N) is 1. The van der Waals surface area contributed by atoms with E-state index in [0.717, 1.165) is 38.0 Å². The maximum atomic E-state index is 13.2. The van der Waals surface area contributed by atoms with E-state index < -0.39 is 12.1 Å². The van der Waals surface area contributed by atoms with Crippen LogP contribution in [0.3, 0.4) is 0 Å². The Balaban J connectivity index is 1.63. The second-order valence-electron chi connectivity index (χ2n) is 8.81. The molecule has 1 aliphatic rings. The largest absolute Gasteiger partial charge is 0.445 e. The van der Waals surface area contributed by atoms with Crippen LogP contribution in [0.5, 0.6) is 0 Å². The molecule has 0 radical (unpaired) electrons. The lowest BCUT2D eigenvalue weighted by Gasteiger charge is -2.35. The zero-order chi connectivity index (χ0) is 22.1. The van der Waals surface area contributed by atoms with E-state index in [-0.39, 0.29) is 18.4 Å². The third-order valence-corrected chi connectivity index (χ3v) is 5.63. The van der Waals surface area contributed by atoms with E-state index in [2.05, 4.69) is 22.9 Å². The van der Waals surface area contributed by atoms with Gasteiger partial charge in [-0.1, -0.05) is 74.5 Å². The molecule has 2 amide bonds. The number of carbonyl (C=O) groups is 2. The summed E-state index contributed by atoms with van der Waals surface area (Å²) >= 11 is 0. The number of hydrogen-bond donors (Lipinski definition) is 2. The molecule has 0 bridgehead atoms. The molecule has 0 saturated carbocycles. The lowest BCUT2D eigenvalue weighted by Crippen LogP contribution is -2.62. The Kier molecular flexibility index (Phi) is 8.06. The number of alkyl carbamates (subject to hydrolysis) is 1. The third-order valence-electron chi connectivity index (χ3n) is 5.63. The number of likely N-dealkylation sites (tertiary alicyclic amines) is 1. The lowest BCUT2D eigenvalue weighted by atomic mass is 10.0. The van der Waals surface area contributed by atoms with E-state index in [4.69, 9.17) is 4.74 Å². The Morgan fingerprint density at radius 2 is 1.52 bits per heavy atom. The molecule has 1 heterocycles. The van der Waals surface area contributed by atoms with Crippen molar-refractivity contribution in [2.24, 2.45) is 5.92 Å². The minimum absolute atomic E-state index is 0.150. The number of carbonyl (C=O) groups excluding carboxylic acids is 2. The average molecular weight is 425 g/mol. The van der Waals surface area contributed by atoms with Gasteiger partial charge >= 0.3 is 6.09 Å². The maximum absolute atomic E-state index is 13.2. The smallest absolute Gasteiger partial charge is 0.408 e. The minimum Gasteiger partial charge on any atom is -0.445 e. The summed E-state index contributed by atoms with van der Waals surface area (Å²) in [5.74, 6) is 0.106. The number of ether oxygens (including phenoxy) is 1. The number of quaternary nitrogens is 1. The SMILES string of the molecule is CC(C)C[C@H](NC(=O)OCc1ccccc1)C(=O)N[N+]1(Cc2ccccc2)CCCC1. The first-order chi connectivity index (χ1) is 15.0. The van der Waals surface area contributed by atoms with Gasteiger partial charge in [0.1, 0.15) is 32.3 Å². The summed E-state index contributed by atoms with van der Waals surface area (Å²) in [6, 6.07) is 19.1. The summed E-state index contributed by atoms with van der Waals surface area (Å²) in [6.07, 6.45) is 2.14. The minimum atomic E-state index is -0.630. The average Bonchev–Trinajstić information content (AvgIpc) is 3.20. The van der Waals surface area contributed by atoms with Crippen molar-refractivity contribution in [3.8, 4) is 0 Å². The van der Waals surface area contributed by atoms with Crippen LogP contribution in [0.15, 0.2) is 60.7 Å². The molecule has 6 heteroatoms.